The van der Waals surface area contributed by atoms with Crippen molar-refractivity contribution in [1.29, 1.82) is 0 Å². The predicted octanol–water partition coefficient (Wildman–Crippen LogP) is 2.68. The van der Waals surface area contributed by atoms with E-state index in [0.717, 1.165) is 16.0 Å². The summed E-state index contributed by atoms with van der Waals surface area (Å²) in [6.45, 7) is 2.01. The van der Waals surface area contributed by atoms with Gasteiger partial charge in [-0.1, -0.05) is 0 Å². The van der Waals surface area contributed by atoms with Gasteiger partial charge in [0, 0.05) is 16.1 Å². The highest BCUT2D eigenvalue weighted by atomic mass is 32.1. The summed E-state index contributed by atoms with van der Waals surface area (Å²) in [5.41, 5.74) is 1.13. The predicted molar refractivity (Wildman–Crippen MR) is 84.6 cm³/mol. The van der Waals surface area contributed by atoms with Gasteiger partial charge in [0.2, 0.25) is 5.91 Å². The average molecular weight is 375 g/mol. The zero-order chi connectivity index (χ0) is 18.8. The Morgan fingerprint density at radius 3 is 2.56 bits per heavy atom. The molecule has 0 bridgehead atoms. The Morgan fingerprint density at radius 1 is 1.32 bits per heavy atom. The van der Waals surface area contributed by atoms with Gasteiger partial charge in [0.15, 0.2) is 0 Å². The van der Waals surface area contributed by atoms with Crippen molar-refractivity contribution in [2.75, 3.05) is 0 Å². The summed E-state index contributed by atoms with van der Waals surface area (Å²) in [7, 11) is 0. The third-order valence-electron chi connectivity index (χ3n) is 3.53. The third kappa shape index (κ3) is 5.05. The topological polar surface area (TPSA) is 84.2 Å². The van der Waals surface area contributed by atoms with Crippen molar-refractivity contribution in [2.45, 2.75) is 39.5 Å². The second kappa shape index (κ2) is 7.26. The number of aromatic carboxylic acids is 1. The van der Waals surface area contributed by atoms with E-state index in [4.69, 9.17) is 5.11 Å². The number of thiophene rings is 1. The number of amides is 1. The van der Waals surface area contributed by atoms with Crippen LogP contribution in [0.4, 0.5) is 13.2 Å². The van der Waals surface area contributed by atoms with Crippen LogP contribution < -0.4 is 5.32 Å². The SMILES string of the molecule is Cc1nn(CC(F)(F)F)c(C)c1CC(=O)NCc1ccc(C(=O)O)s1. The molecule has 0 atom stereocenters. The first kappa shape index (κ1) is 19.0. The maximum Gasteiger partial charge on any atom is 0.408 e. The molecule has 136 valence electrons. The number of rotatable bonds is 6. The van der Waals surface area contributed by atoms with Crippen LogP contribution in [-0.4, -0.2) is 32.9 Å². The zero-order valence-corrected chi connectivity index (χ0v) is 14.3. The highest BCUT2D eigenvalue weighted by molar-refractivity contribution is 7.13. The molecule has 2 aromatic heterocycles. The first-order valence-electron chi connectivity index (χ1n) is 7.25. The minimum Gasteiger partial charge on any atom is -0.477 e. The summed E-state index contributed by atoms with van der Waals surface area (Å²) in [5, 5.41) is 15.3. The summed E-state index contributed by atoms with van der Waals surface area (Å²) in [6.07, 6.45) is -4.48. The molecule has 6 nitrogen and oxygen atoms in total. The van der Waals surface area contributed by atoms with Gasteiger partial charge in [0.25, 0.3) is 0 Å². The lowest BCUT2D eigenvalue weighted by Gasteiger charge is -2.08. The van der Waals surface area contributed by atoms with Crippen LogP contribution in [0, 0.1) is 13.8 Å². The van der Waals surface area contributed by atoms with Crippen molar-refractivity contribution in [1.82, 2.24) is 15.1 Å². The number of carboxylic acids is 1. The molecule has 0 saturated carbocycles. The Kier molecular flexibility index (Phi) is 5.51. The van der Waals surface area contributed by atoms with E-state index in [1.54, 1.807) is 13.0 Å². The molecular formula is C15H16F3N3O3S. The standard InChI is InChI=1S/C15H16F3N3O3S/c1-8-11(9(2)21(20-8)7-15(16,17)18)5-13(22)19-6-10-3-4-12(25-10)14(23)24/h3-4H,5-7H2,1-2H3,(H,19,22)(H,23,24). The van der Waals surface area contributed by atoms with Crippen molar-refractivity contribution in [3.63, 3.8) is 0 Å². The Labute approximate surface area is 145 Å². The molecule has 0 spiro atoms. The number of carboxylic acid groups (broad SMARTS) is 1. The molecule has 0 fully saturated rings. The maximum atomic E-state index is 12.5. The van der Waals surface area contributed by atoms with Gasteiger partial charge >= 0.3 is 12.1 Å². The van der Waals surface area contributed by atoms with E-state index >= 15 is 0 Å². The lowest BCUT2D eigenvalue weighted by atomic mass is 10.1. The number of carbonyl (C=O) groups is 2. The van der Waals surface area contributed by atoms with Crippen molar-refractivity contribution in [3.05, 3.63) is 38.8 Å². The maximum absolute atomic E-state index is 12.5. The molecule has 2 aromatic rings. The number of alkyl halides is 3. The van der Waals surface area contributed by atoms with Gasteiger partial charge < -0.3 is 10.4 Å². The number of halogens is 3. The lowest BCUT2D eigenvalue weighted by Crippen LogP contribution is -2.24. The third-order valence-corrected chi connectivity index (χ3v) is 4.60. The molecule has 0 unspecified atom stereocenters. The zero-order valence-electron chi connectivity index (χ0n) is 13.5. The molecule has 0 radical (unpaired) electrons. The minimum atomic E-state index is -4.39. The summed E-state index contributed by atoms with van der Waals surface area (Å²) in [4.78, 5) is 23.7. The van der Waals surface area contributed by atoms with Crippen LogP contribution in [0.2, 0.25) is 0 Å². The van der Waals surface area contributed by atoms with Crippen LogP contribution >= 0.6 is 11.3 Å². The molecule has 2 N–H and O–H groups in total. The lowest BCUT2D eigenvalue weighted by molar-refractivity contribution is -0.143. The number of hydrogen-bond donors (Lipinski definition) is 2. The van der Waals surface area contributed by atoms with Gasteiger partial charge in [0.1, 0.15) is 11.4 Å². The Hall–Kier alpha value is -2.36. The average Bonchev–Trinajstić information content (AvgIpc) is 3.05. The second-order valence-electron chi connectivity index (χ2n) is 5.45. The van der Waals surface area contributed by atoms with Crippen LogP contribution in [0.5, 0.6) is 0 Å². The van der Waals surface area contributed by atoms with Crippen LogP contribution in [0.1, 0.15) is 31.5 Å². The summed E-state index contributed by atoms with van der Waals surface area (Å²) < 4.78 is 38.4. The fraction of sp³-hybridized carbons (Fsp3) is 0.400. The largest absolute Gasteiger partial charge is 0.477 e. The Balaban J connectivity index is 1.99. The number of carbonyl (C=O) groups excluding carboxylic acids is 1. The molecule has 0 aliphatic carbocycles. The van der Waals surface area contributed by atoms with E-state index in [9.17, 15) is 22.8 Å². The van der Waals surface area contributed by atoms with Crippen molar-refractivity contribution >= 4 is 23.2 Å². The summed E-state index contributed by atoms with van der Waals surface area (Å²) >= 11 is 1.05. The number of aromatic nitrogens is 2. The minimum absolute atomic E-state index is 0.0906. The van der Waals surface area contributed by atoms with E-state index in [-0.39, 0.29) is 23.7 Å². The molecule has 10 heteroatoms. The summed E-state index contributed by atoms with van der Waals surface area (Å²) in [5.74, 6) is -1.41. The molecule has 1 amide bonds. The fourth-order valence-electron chi connectivity index (χ4n) is 2.31. The van der Waals surface area contributed by atoms with E-state index in [2.05, 4.69) is 10.4 Å². The van der Waals surface area contributed by atoms with Gasteiger partial charge in [-0.15, -0.1) is 11.3 Å². The molecule has 25 heavy (non-hydrogen) atoms. The second-order valence-corrected chi connectivity index (χ2v) is 6.62. The number of nitrogens with one attached hydrogen (secondary N) is 1. The van der Waals surface area contributed by atoms with Crippen molar-refractivity contribution in [2.24, 2.45) is 0 Å². The van der Waals surface area contributed by atoms with E-state index in [1.807, 2.05) is 0 Å². The van der Waals surface area contributed by atoms with Crippen LogP contribution in [-0.2, 0) is 24.3 Å². The van der Waals surface area contributed by atoms with Gasteiger partial charge in [0.05, 0.1) is 18.7 Å². The quantitative estimate of drug-likeness (QED) is 0.813. The highest BCUT2D eigenvalue weighted by Gasteiger charge is 2.30. The van der Waals surface area contributed by atoms with E-state index < -0.39 is 18.7 Å². The van der Waals surface area contributed by atoms with Crippen molar-refractivity contribution < 1.29 is 27.9 Å². The number of aryl methyl sites for hydroxylation is 1. The number of hydrogen-bond acceptors (Lipinski definition) is 4. The Morgan fingerprint density at radius 2 is 2.00 bits per heavy atom. The molecule has 0 saturated heterocycles. The highest BCUT2D eigenvalue weighted by Crippen LogP contribution is 2.21. The fourth-order valence-corrected chi connectivity index (χ4v) is 3.10. The van der Waals surface area contributed by atoms with Gasteiger partial charge in [-0.05, 0) is 26.0 Å². The first-order valence-corrected chi connectivity index (χ1v) is 8.07. The van der Waals surface area contributed by atoms with Crippen LogP contribution in [0.15, 0.2) is 12.1 Å². The van der Waals surface area contributed by atoms with Gasteiger partial charge in [-0.3, -0.25) is 9.48 Å². The monoisotopic (exact) mass is 375 g/mol. The van der Waals surface area contributed by atoms with Gasteiger partial charge in [-0.2, -0.15) is 18.3 Å². The molecule has 0 aromatic carbocycles. The summed E-state index contributed by atoms with van der Waals surface area (Å²) in [6, 6.07) is 3.05. The van der Waals surface area contributed by atoms with Crippen LogP contribution in [0.3, 0.4) is 0 Å². The molecule has 0 aliphatic rings. The van der Waals surface area contributed by atoms with Crippen molar-refractivity contribution in [3.8, 4) is 0 Å². The molecule has 0 aliphatic heterocycles. The molecule has 2 heterocycles. The van der Waals surface area contributed by atoms with E-state index in [1.165, 1.54) is 13.0 Å². The van der Waals surface area contributed by atoms with Crippen LogP contribution in [0.25, 0.3) is 0 Å². The first-order chi connectivity index (χ1) is 11.6. The normalized spacial score (nSPS) is 11.6. The van der Waals surface area contributed by atoms with Gasteiger partial charge in [-0.25, -0.2) is 4.79 Å². The molecule has 2 rings (SSSR count). The molecular weight excluding hydrogens is 359 g/mol. The number of nitrogens with zero attached hydrogens (tertiary/aromatic N) is 2. The Bertz CT molecular complexity index is 796. The van der Waals surface area contributed by atoms with E-state index in [0.29, 0.717) is 21.8 Å². The smallest absolute Gasteiger partial charge is 0.408 e.